The standard InChI is InChI=1S/C11H18N2O3/c1-3-10(15)13-6-4-5-11(16,8-13)7-9(14)12-2/h3,16H,1,4-8H2,2H3,(H,12,14). The van der Waals surface area contributed by atoms with Crippen LogP contribution in [-0.2, 0) is 9.59 Å². The second kappa shape index (κ2) is 5.12. The number of nitrogens with zero attached hydrogens (tertiary/aromatic N) is 1. The second-order valence-electron chi connectivity index (χ2n) is 4.14. The summed E-state index contributed by atoms with van der Waals surface area (Å²) >= 11 is 0. The van der Waals surface area contributed by atoms with Gasteiger partial charge in [0.1, 0.15) is 0 Å². The summed E-state index contributed by atoms with van der Waals surface area (Å²) in [7, 11) is 1.53. The Hall–Kier alpha value is -1.36. The van der Waals surface area contributed by atoms with E-state index in [2.05, 4.69) is 11.9 Å². The minimum atomic E-state index is -1.10. The lowest BCUT2D eigenvalue weighted by molar-refractivity contribution is -0.138. The van der Waals surface area contributed by atoms with Crippen molar-refractivity contribution in [2.24, 2.45) is 0 Å². The molecule has 90 valence electrons. The summed E-state index contributed by atoms with van der Waals surface area (Å²) in [6.07, 6.45) is 2.50. The molecule has 0 spiro atoms. The third-order valence-corrected chi connectivity index (χ3v) is 2.81. The molecule has 1 rings (SSSR count). The summed E-state index contributed by atoms with van der Waals surface area (Å²) < 4.78 is 0. The Kier molecular flexibility index (Phi) is 4.06. The molecule has 1 unspecified atom stereocenters. The first-order valence-electron chi connectivity index (χ1n) is 5.35. The molecular weight excluding hydrogens is 208 g/mol. The highest BCUT2D eigenvalue weighted by molar-refractivity contribution is 5.87. The van der Waals surface area contributed by atoms with Gasteiger partial charge >= 0.3 is 0 Å². The van der Waals surface area contributed by atoms with Crippen molar-refractivity contribution in [3.05, 3.63) is 12.7 Å². The summed E-state index contributed by atoms with van der Waals surface area (Å²) in [6.45, 7) is 4.22. The first-order valence-corrected chi connectivity index (χ1v) is 5.35. The Bertz CT molecular complexity index is 304. The third kappa shape index (κ3) is 3.06. The van der Waals surface area contributed by atoms with E-state index in [1.807, 2.05) is 0 Å². The summed E-state index contributed by atoms with van der Waals surface area (Å²) in [5, 5.41) is 12.7. The molecule has 16 heavy (non-hydrogen) atoms. The van der Waals surface area contributed by atoms with Crippen LogP contribution in [-0.4, -0.2) is 47.6 Å². The number of amides is 2. The SMILES string of the molecule is C=CC(=O)N1CCCC(O)(CC(=O)NC)C1. The number of carbonyl (C=O) groups excluding carboxylic acids is 2. The van der Waals surface area contributed by atoms with Crippen LogP contribution in [0.3, 0.4) is 0 Å². The zero-order valence-electron chi connectivity index (χ0n) is 9.53. The van der Waals surface area contributed by atoms with Crippen molar-refractivity contribution in [3.8, 4) is 0 Å². The van der Waals surface area contributed by atoms with Crippen LogP contribution >= 0.6 is 0 Å². The molecule has 0 aromatic heterocycles. The first kappa shape index (κ1) is 12.7. The maximum Gasteiger partial charge on any atom is 0.246 e. The molecule has 1 aliphatic rings. The number of hydrogen-bond donors (Lipinski definition) is 2. The molecule has 0 bridgehead atoms. The van der Waals surface area contributed by atoms with Crippen LogP contribution in [0.5, 0.6) is 0 Å². The number of nitrogens with one attached hydrogen (secondary N) is 1. The monoisotopic (exact) mass is 226 g/mol. The average Bonchev–Trinajstić information content (AvgIpc) is 2.27. The van der Waals surface area contributed by atoms with Crippen LogP contribution < -0.4 is 5.32 Å². The molecule has 0 aliphatic carbocycles. The molecule has 1 fully saturated rings. The third-order valence-electron chi connectivity index (χ3n) is 2.81. The van der Waals surface area contributed by atoms with Gasteiger partial charge in [0.25, 0.3) is 0 Å². The zero-order valence-corrected chi connectivity index (χ0v) is 9.53. The highest BCUT2D eigenvalue weighted by Crippen LogP contribution is 2.24. The molecule has 1 atom stereocenters. The van der Waals surface area contributed by atoms with Crippen molar-refractivity contribution in [1.29, 1.82) is 0 Å². The number of rotatable bonds is 3. The molecule has 0 radical (unpaired) electrons. The summed E-state index contributed by atoms with van der Waals surface area (Å²) in [5.74, 6) is -0.412. The number of likely N-dealkylation sites (tertiary alicyclic amines) is 1. The number of hydrogen-bond acceptors (Lipinski definition) is 3. The van der Waals surface area contributed by atoms with Gasteiger partial charge in [-0.3, -0.25) is 9.59 Å². The van der Waals surface area contributed by atoms with E-state index >= 15 is 0 Å². The van der Waals surface area contributed by atoms with Gasteiger partial charge in [0.05, 0.1) is 18.6 Å². The second-order valence-corrected chi connectivity index (χ2v) is 4.14. The molecule has 2 amide bonds. The minimum absolute atomic E-state index is 0.0322. The molecule has 1 saturated heterocycles. The lowest BCUT2D eigenvalue weighted by atomic mass is 9.89. The number of aliphatic hydroxyl groups is 1. The topological polar surface area (TPSA) is 69.6 Å². The number of piperidine rings is 1. The van der Waals surface area contributed by atoms with E-state index in [4.69, 9.17) is 0 Å². The molecule has 5 heteroatoms. The fourth-order valence-electron chi connectivity index (χ4n) is 1.96. The first-order chi connectivity index (χ1) is 7.50. The molecule has 0 aromatic rings. The minimum Gasteiger partial charge on any atom is -0.388 e. The van der Waals surface area contributed by atoms with Crippen molar-refractivity contribution in [2.45, 2.75) is 24.9 Å². The Morgan fingerprint density at radius 2 is 2.31 bits per heavy atom. The van der Waals surface area contributed by atoms with E-state index in [9.17, 15) is 14.7 Å². The lowest BCUT2D eigenvalue weighted by Crippen LogP contribution is -2.51. The summed E-state index contributed by atoms with van der Waals surface area (Å²) in [6, 6.07) is 0. The molecular formula is C11H18N2O3. The molecule has 2 N–H and O–H groups in total. The van der Waals surface area contributed by atoms with Gasteiger partial charge in [-0.05, 0) is 18.9 Å². The maximum atomic E-state index is 11.4. The molecule has 1 heterocycles. The van der Waals surface area contributed by atoms with Crippen molar-refractivity contribution in [1.82, 2.24) is 10.2 Å². The number of β-amino-alcohol motifs (C(OH)–C–C–N with tert-alkyl or cyclic N) is 1. The predicted octanol–water partition coefficient (Wildman–Crippen LogP) is -0.338. The quantitative estimate of drug-likeness (QED) is 0.647. The molecule has 5 nitrogen and oxygen atoms in total. The molecule has 0 saturated carbocycles. The van der Waals surface area contributed by atoms with Crippen molar-refractivity contribution in [3.63, 3.8) is 0 Å². The average molecular weight is 226 g/mol. The number of carbonyl (C=O) groups is 2. The van der Waals surface area contributed by atoms with Crippen LogP contribution in [0, 0.1) is 0 Å². The highest BCUT2D eigenvalue weighted by Gasteiger charge is 2.36. The van der Waals surface area contributed by atoms with Gasteiger partial charge in [-0.25, -0.2) is 0 Å². The Labute approximate surface area is 95.1 Å². The largest absolute Gasteiger partial charge is 0.388 e. The normalized spacial score (nSPS) is 25.0. The molecule has 1 aliphatic heterocycles. The van der Waals surface area contributed by atoms with Gasteiger partial charge in [0.2, 0.25) is 11.8 Å². The van der Waals surface area contributed by atoms with E-state index in [-0.39, 0.29) is 24.8 Å². The van der Waals surface area contributed by atoms with Gasteiger partial charge in [0, 0.05) is 13.6 Å². The maximum absolute atomic E-state index is 11.4. The highest BCUT2D eigenvalue weighted by atomic mass is 16.3. The van der Waals surface area contributed by atoms with Crippen molar-refractivity contribution >= 4 is 11.8 Å². The Morgan fingerprint density at radius 3 is 2.88 bits per heavy atom. The zero-order chi connectivity index (χ0) is 12.2. The summed E-state index contributed by atoms with van der Waals surface area (Å²) in [5.41, 5.74) is -1.10. The van der Waals surface area contributed by atoms with Crippen LogP contribution in [0.1, 0.15) is 19.3 Å². The van der Waals surface area contributed by atoms with Crippen LogP contribution in [0.25, 0.3) is 0 Å². The van der Waals surface area contributed by atoms with Gasteiger partial charge < -0.3 is 15.3 Å². The lowest BCUT2D eigenvalue weighted by Gasteiger charge is -2.38. The van der Waals surface area contributed by atoms with Gasteiger partial charge in [-0.1, -0.05) is 6.58 Å². The van der Waals surface area contributed by atoms with E-state index < -0.39 is 5.60 Å². The van der Waals surface area contributed by atoms with Crippen molar-refractivity contribution in [2.75, 3.05) is 20.1 Å². The van der Waals surface area contributed by atoms with E-state index in [0.717, 1.165) is 0 Å². The van der Waals surface area contributed by atoms with Gasteiger partial charge in [-0.15, -0.1) is 0 Å². The van der Waals surface area contributed by atoms with E-state index in [1.54, 1.807) is 0 Å². The van der Waals surface area contributed by atoms with Gasteiger partial charge in [0.15, 0.2) is 0 Å². The predicted molar refractivity (Wildman–Crippen MR) is 59.6 cm³/mol. The smallest absolute Gasteiger partial charge is 0.246 e. The van der Waals surface area contributed by atoms with E-state index in [1.165, 1.54) is 18.0 Å². The van der Waals surface area contributed by atoms with E-state index in [0.29, 0.717) is 19.4 Å². The van der Waals surface area contributed by atoms with Gasteiger partial charge in [-0.2, -0.15) is 0 Å². The Morgan fingerprint density at radius 1 is 1.62 bits per heavy atom. The van der Waals surface area contributed by atoms with Crippen LogP contribution in [0.2, 0.25) is 0 Å². The summed E-state index contributed by atoms with van der Waals surface area (Å²) in [4.78, 5) is 24.2. The Balaban J connectivity index is 2.64. The van der Waals surface area contributed by atoms with Crippen LogP contribution in [0.4, 0.5) is 0 Å². The fourth-order valence-corrected chi connectivity index (χ4v) is 1.96. The molecule has 0 aromatic carbocycles. The van der Waals surface area contributed by atoms with Crippen LogP contribution in [0.15, 0.2) is 12.7 Å². The fraction of sp³-hybridized carbons (Fsp3) is 0.636. The van der Waals surface area contributed by atoms with Crippen molar-refractivity contribution < 1.29 is 14.7 Å².